The molecule has 1 N–H and O–H groups in total. The number of ether oxygens (including phenoxy) is 2. The minimum absolute atomic E-state index is 0.386. The standard InChI is InChI=1S/C25H31N5O2/c1-2-8-29(9-3-1)10-11-30-18-21(16-28-30)23-17-27-24-22(23)14-20(15-26-24)19-4-6-25(7-5-19)31-12-13-32-25/h4,14-18H,1-3,5-13H2,(H,26,27). The van der Waals surface area contributed by atoms with Gasteiger partial charge >= 0.3 is 0 Å². The lowest BCUT2D eigenvalue weighted by Crippen LogP contribution is -2.32. The predicted octanol–water partition coefficient (Wildman–Crippen LogP) is 4.22. The lowest BCUT2D eigenvalue weighted by molar-refractivity contribution is -0.159. The lowest BCUT2D eigenvalue weighted by atomic mass is 9.90. The molecule has 0 bridgehead atoms. The number of fused-ring (bicyclic) bond motifs is 1. The quantitative estimate of drug-likeness (QED) is 0.652. The Balaban J connectivity index is 1.21. The second kappa shape index (κ2) is 8.46. The number of likely N-dealkylation sites (tertiary alicyclic amines) is 1. The van der Waals surface area contributed by atoms with Gasteiger partial charge in [0.05, 0.1) is 26.0 Å². The molecular formula is C25H31N5O2. The number of hydrogen-bond donors (Lipinski definition) is 1. The molecule has 7 nitrogen and oxygen atoms in total. The number of H-pyrrole nitrogens is 1. The third-order valence-corrected chi connectivity index (χ3v) is 7.19. The molecule has 7 heteroatoms. The lowest BCUT2D eigenvalue weighted by Gasteiger charge is -2.30. The second-order valence-corrected chi connectivity index (χ2v) is 9.26. The summed E-state index contributed by atoms with van der Waals surface area (Å²) in [5.41, 5.74) is 5.73. The summed E-state index contributed by atoms with van der Waals surface area (Å²) in [5, 5.41) is 5.78. The van der Waals surface area contributed by atoms with Crippen molar-refractivity contribution < 1.29 is 9.47 Å². The molecule has 0 radical (unpaired) electrons. The molecule has 2 saturated heterocycles. The Morgan fingerprint density at radius 3 is 2.72 bits per heavy atom. The van der Waals surface area contributed by atoms with Crippen molar-refractivity contribution >= 4 is 16.6 Å². The highest BCUT2D eigenvalue weighted by Gasteiger charge is 2.37. The van der Waals surface area contributed by atoms with Gasteiger partial charge in [-0.15, -0.1) is 0 Å². The van der Waals surface area contributed by atoms with E-state index in [9.17, 15) is 0 Å². The van der Waals surface area contributed by atoms with E-state index in [1.54, 1.807) is 0 Å². The van der Waals surface area contributed by atoms with E-state index in [0.717, 1.165) is 54.5 Å². The van der Waals surface area contributed by atoms with Crippen molar-refractivity contribution in [2.75, 3.05) is 32.8 Å². The van der Waals surface area contributed by atoms with Crippen LogP contribution in [0.1, 0.15) is 44.1 Å². The van der Waals surface area contributed by atoms with Gasteiger partial charge < -0.3 is 19.4 Å². The highest BCUT2D eigenvalue weighted by Crippen LogP contribution is 2.39. The molecule has 0 aromatic carbocycles. The summed E-state index contributed by atoms with van der Waals surface area (Å²) in [6.07, 6.45) is 17.1. The van der Waals surface area contributed by atoms with Gasteiger partial charge in [-0.05, 0) is 49.6 Å². The fourth-order valence-corrected chi connectivity index (χ4v) is 5.30. The average Bonchev–Trinajstić information content (AvgIpc) is 3.58. The van der Waals surface area contributed by atoms with E-state index in [2.05, 4.69) is 44.2 Å². The smallest absolute Gasteiger partial charge is 0.172 e. The molecule has 2 aliphatic heterocycles. The minimum Gasteiger partial charge on any atom is -0.347 e. The van der Waals surface area contributed by atoms with Crippen molar-refractivity contribution in [3.05, 3.63) is 42.5 Å². The fraction of sp³-hybridized carbons (Fsp3) is 0.520. The summed E-state index contributed by atoms with van der Waals surface area (Å²) in [4.78, 5) is 10.6. The Morgan fingerprint density at radius 2 is 1.91 bits per heavy atom. The van der Waals surface area contributed by atoms with E-state index < -0.39 is 0 Å². The highest BCUT2D eigenvalue weighted by atomic mass is 16.7. The summed E-state index contributed by atoms with van der Waals surface area (Å²) in [7, 11) is 0. The van der Waals surface area contributed by atoms with E-state index in [1.807, 2.05) is 12.4 Å². The Labute approximate surface area is 188 Å². The van der Waals surface area contributed by atoms with Crippen LogP contribution in [0.25, 0.3) is 27.7 Å². The number of nitrogens with one attached hydrogen (secondary N) is 1. The van der Waals surface area contributed by atoms with Crippen LogP contribution >= 0.6 is 0 Å². The zero-order valence-corrected chi connectivity index (χ0v) is 18.6. The topological polar surface area (TPSA) is 68.2 Å². The van der Waals surface area contributed by atoms with Crippen LogP contribution in [0.3, 0.4) is 0 Å². The number of aromatic amines is 1. The Hall–Kier alpha value is -2.48. The number of allylic oxidation sites excluding steroid dienone is 1. The van der Waals surface area contributed by atoms with Crippen molar-refractivity contribution in [1.29, 1.82) is 0 Å². The monoisotopic (exact) mass is 433 g/mol. The zero-order chi connectivity index (χ0) is 21.4. The van der Waals surface area contributed by atoms with Crippen LogP contribution in [0.4, 0.5) is 0 Å². The van der Waals surface area contributed by atoms with Crippen molar-refractivity contribution in [3.63, 3.8) is 0 Å². The first-order valence-corrected chi connectivity index (χ1v) is 12.0. The summed E-state index contributed by atoms with van der Waals surface area (Å²) >= 11 is 0. The number of pyridine rings is 1. The predicted molar refractivity (Wildman–Crippen MR) is 124 cm³/mol. The van der Waals surface area contributed by atoms with Crippen LogP contribution in [0.5, 0.6) is 0 Å². The van der Waals surface area contributed by atoms with Gasteiger partial charge in [-0.3, -0.25) is 4.68 Å². The Bertz CT molecular complexity index is 1120. The molecule has 3 aliphatic rings. The van der Waals surface area contributed by atoms with Gasteiger partial charge in [0.15, 0.2) is 5.79 Å². The molecule has 32 heavy (non-hydrogen) atoms. The molecule has 0 saturated carbocycles. The Kier molecular flexibility index (Phi) is 5.33. The van der Waals surface area contributed by atoms with Crippen molar-refractivity contribution in [2.24, 2.45) is 0 Å². The first kappa shape index (κ1) is 20.1. The number of nitrogens with zero attached hydrogens (tertiary/aromatic N) is 4. The summed E-state index contributed by atoms with van der Waals surface area (Å²) in [6.45, 7) is 5.86. The molecule has 1 spiro atoms. The van der Waals surface area contributed by atoms with Gasteiger partial charge in [-0.1, -0.05) is 12.5 Å². The summed E-state index contributed by atoms with van der Waals surface area (Å²) in [5.74, 6) is -0.386. The number of rotatable bonds is 5. The summed E-state index contributed by atoms with van der Waals surface area (Å²) in [6, 6.07) is 2.26. The average molecular weight is 434 g/mol. The molecule has 5 heterocycles. The number of hydrogen-bond acceptors (Lipinski definition) is 5. The highest BCUT2D eigenvalue weighted by molar-refractivity contribution is 5.95. The Morgan fingerprint density at radius 1 is 1.03 bits per heavy atom. The fourth-order valence-electron chi connectivity index (χ4n) is 5.30. The molecule has 0 amide bonds. The van der Waals surface area contributed by atoms with Crippen LogP contribution in [0, 0.1) is 0 Å². The van der Waals surface area contributed by atoms with Gasteiger partial charge in [0.25, 0.3) is 0 Å². The van der Waals surface area contributed by atoms with Crippen LogP contribution in [0.15, 0.2) is 36.9 Å². The van der Waals surface area contributed by atoms with Gasteiger partial charge in [0.1, 0.15) is 5.65 Å². The normalized spacial score (nSPS) is 21.4. The molecule has 168 valence electrons. The molecule has 3 aromatic heterocycles. The first-order chi connectivity index (χ1) is 15.8. The maximum Gasteiger partial charge on any atom is 0.172 e. The van der Waals surface area contributed by atoms with E-state index in [-0.39, 0.29) is 5.79 Å². The third-order valence-electron chi connectivity index (χ3n) is 7.19. The number of piperidine rings is 1. The second-order valence-electron chi connectivity index (χ2n) is 9.26. The maximum atomic E-state index is 5.86. The van der Waals surface area contributed by atoms with Crippen molar-refractivity contribution in [1.82, 2.24) is 24.6 Å². The largest absolute Gasteiger partial charge is 0.347 e. The number of aromatic nitrogens is 4. The van der Waals surface area contributed by atoms with Gasteiger partial charge in [0, 0.05) is 54.5 Å². The molecule has 0 unspecified atom stereocenters. The van der Waals surface area contributed by atoms with Crippen LogP contribution in [0.2, 0.25) is 0 Å². The maximum absolute atomic E-state index is 5.86. The minimum atomic E-state index is -0.386. The van der Waals surface area contributed by atoms with E-state index >= 15 is 0 Å². The van der Waals surface area contributed by atoms with Gasteiger partial charge in [-0.2, -0.15) is 5.10 Å². The molecule has 1 aliphatic carbocycles. The van der Waals surface area contributed by atoms with E-state index in [4.69, 9.17) is 14.5 Å². The third kappa shape index (κ3) is 3.89. The molecular weight excluding hydrogens is 402 g/mol. The van der Waals surface area contributed by atoms with Crippen LogP contribution in [-0.4, -0.2) is 63.3 Å². The molecule has 3 aromatic rings. The van der Waals surface area contributed by atoms with Crippen LogP contribution < -0.4 is 0 Å². The van der Waals surface area contributed by atoms with Crippen molar-refractivity contribution in [2.45, 2.75) is 50.9 Å². The van der Waals surface area contributed by atoms with Gasteiger partial charge in [-0.25, -0.2) is 4.98 Å². The van der Waals surface area contributed by atoms with Crippen molar-refractivity contribution in [3.8, 4) is 11.1 Å². The summed E-state index contributed by atoms with van der Waals surface area (Å²) < 4.78 is 13.8. The molecule has 6 rings (SSSR count). The molecule has 0 atom stereocenters. The van der Waals surface area contributed by atoms with Gasteiger partial charge in [0.2, 0.25) is 0 Å². The van der Waals surface area contributed by atoms with E-state index in [0.29, 0.717) is 13.2 Å². The van der Waals surface area contributed by atoms with Crippen LogP contribution in [-0.2, 0) is 16.0 Å². The SMILES string of the molecule is C1=C(c2cnc3[nH]cc(-c4cnn(CCN5CCCCC5)c4)c3c2)CCC2(C1)OCCO2. The zero-order valence-electron chi connectivity index (χ0n) is 18.6. The molecule has 2 fully saturated rings. The first-order valence-electron chi connectivity index (χ1n) is 12.0. The van der Waals surface area contributed by atoms with E-state index in [1.165, 1.54) is 43.5 Å².